The number of methoxy groups -OCH3 is 4. The Morgan fingerprint density at radius 1 is 0.880 bits per heavy atom. The van der Waals surface area contributed by atoms with Gasteiger partial charge in [0.2, 0.25) is 5.91 Å². The summed E-state index contributed by atoms with van der Waals surface area (Å²) in [5, 5.41) is 2.77. The third-order valence-corrected chi connectivity index (χ3v) is 3.53. The van der Waals surface area contributed by atoms with Gasteiger partial charge in [-0.15, -0.1) is 0 Å². The summed E-state index contributed by atoms with van der Waals surface area (Å²) in [6.07, 6.45) is 3.04. The number of nitrogens with one attached hydrogen (secondary N) is 1. The van der Waals surface area contributed by atoms with Gasteiger partial charge in [0.05, 0.1) is 39.7 Å². The molecule has 6 nitrogen and oxygen atoms in total. The zero-order chi connectivity index (χ0) is 18.2. The first kappa shape index (κ1) is 18.2. The van der Waals surface area contributed by atoms with Crippen LogP contribution in [0.25, 0.3) is 6.08 Å². The predicted octanol–water partition coefficient (Wildman–Crippen LogP) is 3.37. The molecule has 0 saturated heterocycles. The van der Waals surface area contributed by atoms with E-state index in [1.807, 2.05) is 6.07 Å². The molecule has 0 aliphatic rings. The first-order chi connectivity index (χ1) is 12.1. The largest absolute Gasteiger partial charge is 0.497 e. The Morgan fingerprint density at radius 3 is 2.08 bits per heavy atom. The summed E-state index contributed by atoms with van der Waals surface area (Å²) in [4.78, 5) is 12.3. The zero-order valence-corrected chi connectivity index (χ0v) is 14.7. The van der Waals surface area contributed by atoms with Crippen LogP contribution in [-0.4, -0.2) is 34.3 Å². The van der Waals surface area contributed by atoms with Crippen LogP contribution in [0.1, 0.15) is 5.56 Å². The second kappa shape index (κ2) is 8.63. The summed E-state index contributed by atoms with van der Waals surface area (Å²) >= 11 is 0. The van der Waals surface area contributed by atoms with Crippen molar-refractivity contribution in [1.82, 2.24) is 0 Å². The molecule has 25 heavy (non-hydrogen) atoms. The molecule has 0 heterocycles. The second-order valence-electron chi connectivity index (χ2n) is 4.97. The number of rotatable bonds is 7. The second-order valence-corrected chi connectivity index (χ2v) is 4.97. The van der Waals surface area contributed by atoms with E-state index in [0.29, 0.717) is 34.2 Å². The van der Waals surface area contributed by atoms with Crippen molar-refractivity contribution in [3.63, 3.8) is 0 Å². The fraction of sp³-hybridized carbons (Fsp3) is 0.211. The fourth-order valence-corrected chi connectivity index (χ4v) is 2.29. The minimum atomic E-state index is -0.320. The van der Waals surface area contributed by atoms with Crippen LogP contribution in [-0.2, 0) is 4.79 Å². The zero-order valence-electron chi connectivity index (χ0n) is 14.7. The summed E-state index contributed by atoms with van der Waals surface area (Å²) in [7, 11) is 6.22. The van der Waals surface area contributed by atoms with Crippen molar-refractivity contribution in [3.8, 4) is 23.0 Å². The summed E-state index contributed by atoms with van der Waals surface area (Å²) in [5.41, 5.74) is 1.20. The standard InChI is InChI=1S/C19H21NO5/c1-22-13-8-10-18(25-4)15(12-13)20-19(21)11-9-14-16(23-2)6-5-7-17(14)24-3/h5-12H,1-4H3,(H,20,21)/b11-9+. The molecule has 0 radical (unpaired) electrons. The molecule has 0 unspecified atom stereocenters. The van der Waals surface area contributed by atoms with Gasteiger partial charge in [-0.3, -0.25) is 4.79 Å². The topological polar surface area (TPSA) is 66.0 Å². The quantitative estimate of drug-likeness (QED) is 0.781. The molecular weight excluding hydrogens is 322 g/mol. The van der Waals surface area contributed by atoms with Crippen LogP contribution in [0.2, 0.25) is 0 Å². The Labute approximate surface area is 147 Å². The minimum absolute atomic E-state index is 0.320. The maximum atomic E-state index is 12.3. The molecular formula is C19H21NO5. The van der Waals surface area contributed by atoms with Gasteiger partial charge in [0.15, 0.2) is 0 Å². The average Bonchev–Trinajstić information content (AvgIpc) is 2.65. The summed E-state index contributed by atoms with van der Waals surface area (Å²) in [6.45, 7) is 0. The molecule has 0 aliphatic carbocycles. The number of anilines is 1. The van der Waals surface area contributed by atoms with Crippen molar-refractivity contribution in [2.45, 2.75) is 0 Å². The molecule has 2 aromatic rings. The van der Waals surface area contributed by atoms with Crippen LogP contribution in [0.4, 0.5) is 5.69 Å². The maximum absolute atomic E-state index is 12.3. The van der Waals surface area contributed by atoms with E-state index in [9.17, 15) is 4.79 Å². The third kappa shape index (κ3) is 4.44. The van der Waals surface area contributed by atoms with Gasteiger partial charge in [-0.1, -0.05) is 6.07 Å². The van der Waals surface area contributed by atoms with Crippen molar-refractivity contribution in [3.05, 3.63) is 48.0 Å². The highest BCUT2D eigenvalue weighted by Gasteiger charge is 2.09. The lowest BCUT2D eigenvalue weighted by molar-refractivity contribution is -0.111. The molecule has 0 fully saturated rings. The molecule has 2 rings (SSSR count). The Bertz CT molecular complexity index is 748. The first-order valence-corrected chi connectivity index (χ1v) is 7.55. The van der Waals surface area contributed by atoms with Gasteiger partial charge in [0.1, 0.15) is 23.0 Å². The predicted molar refractivity (Wildman–Crippen MR) is 96.8 cm³/mol. The number of hydrogen-bond donors (Lipinski definition) is 1. The highest BCUT2D eigenvalue weighted by Crippen LogP contribution is 2.30. The van der Waals surface area contributed by atoms with Crippen LogP contribution in [0.15, 0.2) is 42.5 Å². The van der Waals surface area contributed by atoms with Gasteiger partial charge in [-0.25, -0.2) is 0 Å². The summed E-state index contributed by atoms with van der Waals surface area (Å²) < 4.78 is 21.0. The van der Waals surface area contributed by atoms with Gasteiger partial charge >= 0.3 is 0 Å². The van der Waals surface area contributed by atoms with Crippen molar-refractivity contribution >= 4 is 17.7 Å². The molecule has 0 bridgehead atoms. The van der Waals surface area contributed by atoms with Crippen molar-refractivity contribution in [2.24, 2.45) is 0 Å². The van der Waals surface area contributed by atoms with Crippen molar-refractivity contribution in [1.29, 1.82) is 0 Å². The molecule has 2 aromatic carbocycles. The molecule has 1 N–H and O–H groups in total. The van der Waals surface area contributed by atoms with Gasteiger partial charge in [0, 0.05) is 12.1 Å². The molecule has 6 heteroatoms. The van der Waals surface area contributed by atoms with E-state index in [-0.39, 0.29) is 5.91 Å². The molecule has 0 saturated carbocycles. The van der Waals surface area contributed by atoms with E-state index in [0.717, 1.165) is 0 Å². The Morgan fingerprint density at radius 2 is 1.52 bits per heavy atom. The fourth-order valence-electron chi connectivity index (χ4n) is 2.29. The SMILES string of the molecule is COc1ccc(OC)c(NC(=O)/C=C/c2c(OC)cccc2OC)c1. The number of carbonyl (C=O) groups excluding carboxylic acids is 1. The van der Waals surface area contributed by atoms with Gasteiger partial charge in [0.25, 0.3) is 0 Å². The number of hydrogen-bond acceptors (Lipinski definition) is 5. The van der Waals surface area contributed by atoms with Crippen molar-refractivity contribution < 1.29 is 23.7 Å². The van der Waals surface area contributed by atoms with E-state index in [4.69, 9.17) is 18.9 Å². The number of carbonyl (C=O) groups is 1. The van der Waals surface area contributed by atoms with E-state index in [2.05, 4.69) is 5.32 Å². The molecule has 0 atom stereocenters. The molecule has 0 spiro atoms. The van der Waals surface area contributed by atoms with Gasteiger partial charge in [-0.2, -0.15) is 0 Å². The number of amides is 1. The van der Waals surface area contributed by atoms with E-state index >= 15 is 0 Å². The van der Waals surface area contributed by atoms with Crippen LogP contribution in [0.3, 0.4) is 0 Å². The monoisotopic (exact) mass is 343 g/mol. The van der Waals surface area contributed by atoms with E-state index < -0.39 is 0 Å². The average molecular weight is 343 g/mol. The Balaban J connectivity index is 2.22. The molecule has 132 valence electrons. The Hall–Kier alpha value is -3.15. The van der Waals surface area contributed by atoms with E-state index in [1.54, 1.807) is 57.7 Å². The lowest BCUT2D eigenvalue weighted by Gasteiger charge is -2.11. The maximum Gasteiger partial charge on any atom is 0.248 e. The molecule has 0 aliphatic heterocycles. The number of ether oxygens (including phenoxy) is 4. The van der Waals surface area contributed by atoms with Crippen LogP contribution >= 0.6 is 0 Å². The summed E-state index contributed by atoms with van der Waals surface area (Å²) in [6, 6.07) is 10.6. The van der Waals surface area contributed by atoms with Crippen LogP contribution in [0.5, 0.6) is 23.0 Å². The highest BCUT2D eigenvalue weighted by atomic mass is 16.5. The molecule has 0 aromatic heterocycles. The van der Waals surface area contributed by atoms with Gasteiger partial charge < -0.3 is 24.3 Å². The van der Waals surface area contributed by atoms with E-state index in [1.165, 1.54) is 13.2 Å². The van der Waals surface area contributed by atoms with Crippen LogP contribution < -0.4 is 24.3 Å². The lowest BCUT2D eigenvalue weighted by atomic mass is 10.1. The lowest BCUT2D eigenvalue weighted by Crippen LogP contribution is -2.09. The van der Waals surface area contributed by atoms with Crippen molar-refractivity contribution in [2.75, 3.05) is 33.8 Å². The number of benzene rings is 2. The third-order valence-electron chi connectivity index (χ3n) is 3.53. The van der Waals surface area contributed by atoms with Crippen LogP contribution in [0, 0.1) is 0 Å². The van der Waals surface area contributed by atoms with Gasteiger partial charge in [-0.05, 0) is 30.3 Å². The first-order valence-electron chi connectivity index (χ1n) is 7.55. The highest BCUT2D eigenvalue weighted by molar-refractivity contribution is 6.03. The smallest absolute Gasteiger partial charge is 0.248 e. The Kier molecular flexibility index (Phi) is 6.28. The minimum Gasteiger partial charge on any atom is -0.497 e. The summed E-state index contributed by atoms with van der Waals surface area (Å²) in [5.74, 6) is 2.06. The normalized spacial score (nSPS) is 10.4. The molecule has 1 amide bonds.